The Kier molecular flexibility index (Phi) is 7.64. The van der Waals surface area contributed by atoms with Gasteiger partial charge in [-0.2, -0.15) is 31.2 Å². The number of halogens is 6. The molecule has 0 bridgehead atoms. The van der Waals surface area contributed by atoms with Gasteiger partial charge in [-0.3, -0.25) is 4.79 Å². The summed E-state index contributed by atoms with van der Waals surface area (Å²) in [6.07, 6.45) is -10.1. The number of hydrogen-bond donors (Lipinski definition) is 1. The van der Waals surface area contributed by atoms with E-state index >= 15 is 0 Å². The number of amides is 1. The number of hydrogen-bond acceptors (Lipinski definition) is 4. The fourth-order valence-corrected chi connectivity index (χ4v) is 4.75. The zero-order valence-electron chi connectivity index (χ0n) is 17.8. The number of rotatable bonds is 8. The maximum Gasteiger partial charge on any atom is 0.416 e. The number of carbonyl (C=O) groups excluding carboxylic acids is 1. The molecule has 3 rings (SSSR count). The molecule has 11 heteroatoms. The first-order chi connectivity index (χ1) is 15.9. The zero-order chi connectivity index (χ0) is 25.1. The van der Waals surface area contributed by atoms with E-state index in [2.05, 4.69) is 10.5 Å². The lowest BCUT2D eigenvalue weighted by Crippen LogP contribution is -2.43. The Bertz CT molecular complexity index is 1140. The van der Waals surface area contributed by atoms with Crippen LogP contribution in [0.4, 0.5) is 26.3 Å². The van der Waals surface area contributed by atoms with E-state index in [0.29, 0.717) is 12.1 Å². The van der Waals surface area contributed by atoms with Gasteiger partial charge in [0.15, 0.2) is 0 Å². The number of fused-ring (bicyclic) bond motifs is 1. The predicted octanol–water partition coefficient (Wildman–Crippen LogP) is 6.75. The van der Waals surface area contributed by atoms with E-state index in [4.69, 9.17) is 0 Å². The average molecular weight is 502 g/mol. The Morgan fingerprint density at radius 2 is 1.65 bits per heavy atom. The summed E-state index contributed by atoms with van der Waals surface area (Å²) in [6.45, 7) is 1.25. The van der Waals surface area contributed by atoms with Gasteiger partial charge in [-0.15, -0.1) is 11.3 Å². The summed E-state index contributed by atoms with van der Waals surface area (Å²) in [4.78, 5) is 23.4. The van der Waals surface area contributed by atoms with Crippen LogP contribution < -0.4 is 5.32 Å². The minimum Gasteiger partial charge on any atom is -0.351 e. The highest BCUT2D eigenvalue weighted by atomic mass is 32.1. The molecule has 0 radical (unpaired) electrons. The Labute approximate surface area is 194 Å². The number of carbonyl (C=O) groups is 1. The number of nitrogens with one attached hydrogen (secondary N) is 1. The number of nitrogens with zero attached hydrogens (tertiary/aromatic N) is 1. The van der Waals surface area contributed by atoms with Crippen molar-refractivity contribution in [3.8, 4) is 0 Å². The summed E-state index contributed by atoms with van der Waals surface area (Å²) in [6, 6.07) is 7.00. The lowest BCUT2D eigenvalue weighted by atomic mass is 9.93. The number of benzene rings is 2. The van der Waals surface area contributed by atoms with Crippen molar-refractivity contribution in [2.75, 3.05) is 0 Å². The van der Waals surface area contributed by atoms with Crippen molar-refractivity contribution in [1.82, 2.24) is 5.32 Å². The number of alkyl halides is 6. The Morgan fingerprint density at radius 1 is 1.03 bits per heavy atom. The molecule has 34 heavy (non-hydrogen) atoms. The normalized spacial score (nSPS) is 14.1. The first-order valence-electron chi connectivity index (χ1n) is 10.2. The standard InChI is InChI=1S/C23H20F6N2O2S/c1-13(32)30-20(10-15-12-34-21-5-3-2-4-18(15)21)19(31-33)7-6-14-8-16(22(24,25)26)11-17(9-14)23(27,28)29/h2-5,8-9,11-12,19-20H,6-7,10H2,1H3,(H,30,32). The van der Waals surface area contributed by atoms with Gasteiger partial charge in [0.1, 0.15) is 6.04 Å². The van der Waals surface area contributed by atoms with Crippen LogP contribution in [0.5, 0.6) is 0 Å². The van der Waals surface area contributed by atoms with E-state index in [1.807, 2.05) is 29.6 Å². The average Bonchev–Trinajstić information content (AvgIpc) is 3.15. The van der Waals surface area contributed by atoms with Crippen molar-refractivity contribution < 1.29 is 31.1 Å². The molecule has 1 heterocycles. The molecule has 2 unspecified atom stereocenters. The van der Waals surface area contributed by atoms with Crippen molar-refractivity contribution in [1.29, 1.82) is 0 Å². The van der Waals surface area contributed by atoms with E-state index in [-0.39, 0.29) is 30.9 Å². The highest BCUT2D eigenvalue weighted by molar-refractivity contribution is 7.17. The van der Waals surface area contributed by atoms with Crippen LogP contribution in [0, 0.1) is 4.91 Å². The molecular weight excluding hydrogens is 482 g/mol. The van der Waals surface area contributed by atoms with Crippen LogP contribution in [0.3, 0.4) is 0 Å². The van der Waals surface area contributed by atoms with Gasteiger partial charge in [0, 0.05) is 11.6 Å². The number of thiophene rings is 1. The topological polar surface area (TPSA) is 58.5 Å². The Hall–Kier alpha value is -2.95. The molecule has 0 fully saturated rings. The monoisotopic (exact) mass is 502 g/mol. The minimum absolute atomic E-state index is 0.0563. The molecule has 1 amide bonds. The number of nitroso groups, excluding NO2 is 1. The first-order valence-corrected chi connectivity index (χ1v) is 11.1. The second kappa shape index (κ2) is 10.1. The molecule has 2 atom stereocenters. The quantitative estimate of drug-likeness (QED) is 0.274. The van der Waals surface area contributed by atoms with Gasteiger partial charge in [0.2, 0.25) is 5.91 Å². The number of aryl methyl sites for hydroxylation is 1. The highest BCUT2D eigenvalue weighted by Gasteiger charge is 2.37. The third-order valence-electron chi connectivity index (χ3n) is 5.37. The third-order valence-corrected chi connectivity index (χ3v) is 6.38. The van der Waals surface area contributed by atoms with Crippen molar-refractivity contribution >= 4 is 27.3 Å². The van der Waals surface area contributed by atoms with Crippen molar-refractivity contribution in [3.63, 3.8) is 0 Å². The molecule has 0 aliphatic heterocycles. The molecule has 0 saturated carbocycles. The molecule has 0 saturated heterocycles. The molecule has 3 aromatic rings. The van der Waals surface area contributed by atoms with Gasteiger partial charge in [0.05, 0.1) is 17.2 Å². The maximum absolute atomic E-state index is 13.1. The zero-order valence-corrected chi connectivity index (χ0v) is 18.7. The Morgan fingerprint density at radius 3 is 2.21 bits per heavy atom. The predicted molar refractivity (Wildman–Crippen MR) is 117 cm³/mol. The Balaban J connectivity index is 1.85. The fourth-order valence-electron chi connectivity index (χ4n) is 3.78. The van der Waals surface area contributed by atoms with Crippen LogP contribution in [-0.2, 0) is 30.0 Å². The van der Waals surface area contributed by atoms with E-state index in [1.54, 1.807) is 0 Å². The van der Waals surface area contributed by atoms with Gasteiger partial charge in [0.25, 0.3) is 0 Å². The molecule has 0 aliphatic carbocycles. The van der Waals surface area contributed by atoms with Gasteiger partial charge < -0.3 is 5.32 Å². The summed E-state index contributed by atoms with van der Waals surface area (Å²) < 4.78 is 79.8. The molecule has 182 valence electrons. The summed E-state index contributed by atoms with van der Waals surface area (Å²) in [5.74, 6) is -0.434. The summed E-state index contributed by atoms with van der Waals surface area (Å²) in [5.41, 5.74) is -2.21. The maximum atomic E-state index is 13.1. The van der Waals surface area contributed by atoms with Crippen LogP contribution in [0.1, 0.15) is 35.6 Å². The van der Waals surface area contributed by atoms with Crippen LogP contribution in [-0.4, -0.2) is 18.0 Å². The molecule has 1 N–H and O–H groups in total. The van der Waals surface area contributed by atoms with Crippen LogP contribution in [0.2, 0.25) is 0 Å². The van der Waals surface area contributed by atoms with Gasteiger partial charge >= 0.3 is 12.4 Å². The molecule has 0 aliphatic rings. The van der Waals surface area contributed by atoms with E-state index < -0.39 is 41.5 Å². The second-order valence-corrected chi connectivity index (χ2v) is 8.81. The molecule has 0 spiro atoms. The summed E-state index contributed by atoms with van der Waals surface area (Å²) in [7, 11) is 0. The fraction of sp³-hybridized carbons (Fsp3) is 0.348. The first kappa shape index (κ1) is 25.7. The molecular formula is C23H20F6N2O2S. The molecule has 2 aromatic carbocycles. The summed E-state index contributed by atoms with van der Waals surface area (Å²) >= 11 is 1.48. The largest absolute Gasteiger partial charge is 0.416 e. The van der Waals surface area contributed by atoms with Gasteiger partial charge in [-0.05, 0) is 65.4 Å². The molecule has 4 nitrogen and oxygen atoms in total. The van der Waals surface area contributed by atoms with Crippen molar-refractivity contribution in [3.05, 3.63) is 75.0 Å². The van der Waals surface area contributed by atoms with Crippen molar-refractivity contribution in [2.45, 2.75) is 50.6 Å². The minimum atomic E-state index is -4.96. The summed E-state index contributed by atoms with van der Waals surface area (Å²) in [5, 5.41) is 8.52. The van der Waals surface area contributed by atoms with Crippen molar-refractivity contribution in [2.24, 2.45) is 5.18 Å². The third kappa shape index (κ3) is 6.34. The SMILES string of the molecule is CC(=O)NC(Cc1csc2ccccc12)C(CCc1cc(C(F)(F)F)cc(C(F)(F)F)c1)N=O. The van der Waals surface area contributed by atoms with Crippen LogP contribution >= 0.6 is 11.3 Å². The van der Waals surface area contributed by atoms with Crippen LogP contribution in [0.25, 0.3) is 10.1 Å². The van der Waals surface area contributed by atoms with E-state index in [1.165, 1.54) is 18.3 Å². The lowest BCUT2D eigenvalue weighted by Gasteiger charge is -2.23. The van der Waals surface area contributed by atoms with E-state index in [9.17, 15) is 36.0 Å². The second-order valence-electron chi connectivity index (χ2n) is 7.89. The van der Waals surface area contributed by atoms with Gasteiger partial charge in [-0.1, -0.05) is 23.4 Å². The molecule has 1 aromatic heterocycles. The highest BCUT2D eigenvalue weighted by Crippen LogP contribution is 2.37. The van der Waals surface area contributed by atoms with Crippen LogP contribution in [0.15, 0.2) is 53.0 Å². The smallest absolute Gasteiger partial charge is 0.351 e. The van der Waals surface area contributed by atoms with Gasteiger partial charge in [-0.25, -0.2) is 0 Å². The lowest BCUT2D eigenvalue weighted by molar-refractivity contribution is -0.143. The van der Waals surface area contributed by atoms with E-state index in [0.717, 1.165) is 15.6 Å².